The fourth-order valence-electron chi connectivity index (χ4n) is 3.58. The van der Waals surface area contributed by atoms with Crippen LogP contribution >= 0.6 is 0 Å². The zero-order chi connectivity index (χ0) is 13.0. The first-order valence-corrected chi connectivity index (χ1v) is 7.68. The minimum Gasteiger partial charge on any atom is -0.338 e. The maximum atomic E-state index is 12.9. The molecule has 0 aromatic rings. The van der Waals surface area contributed by atoms with E-state index >= 15 is 0 Å². The summed E-state index contributed by atoms with van der Waals surface area (Å²) in [5.74, 6) is 0.388. The third-order valence-electron chi connectivity index (χ3n) is 4.88. The second-order valence-electron chi connectivity index (χ2n) is 6.36. The van der Waals surface area contributed by atoms with E-state index in [9.17, 15) is 4.79 Å². The van der Waals surface area contributed by atoms with Crippen molar-refractivity contribution < 1.29 is 4.79 Å². The maximum Gasteiger partial charge on any atom is 0.228 e. The Kier molecular flexibility index (Phi) is 4.66. The molecular weight excluding hydrogens is 224 g/mol. The van der Waals surface area contributed by atoms with E-state index in [4.69, 9.17) is 5.73 Å². The van der Waals surface area contributed by atoms with E-state index in [1.807, 2.05) is 0 Å². The van der Waals surface area contributed by atoms with Crippen LogP contribution in [0, 0.1) is 5.41 Å². The molecule has 1 saturated carbocycles. The van der Waals surface area contributed by atoms with Crippen molar-refractivity contribution in [2.24, 2.45) is 11.1 Å². The molecule has 0 bridgehead atoms. The van der Waals surface area contributed by atoms with Crippen LogP contribution in [-0.4, -0.2) is 29.9 Å². The highest BCUT2D eigenvalue weighted by molar-refractivity contribution is 5.82. The molecule has 1 atom stereocenters. The largest absolute Gasteiger partial charge is 0.338 e. The summed E-state index contributed by atoms with van der Waals surface area (Å²) in [4.78, 5) is 15.0. The van der Waals surface area contributed by atoms with Crippen LogP contribution in [0.2, 0.25) is 0 Å². The summed E-state index contributed by atoms with van der Waals surface area (Å²) in [7, 11) is 0. The minimum atomic E-state index is -0.101. The van der Waals surface area contributed by atoms with E-state index in [0.29, 0.717) is 18.5 Å². The first-order chi connectivity index (χ1) is 8.67. The molecule has 1 aliphatic carbocycles. The zero-order valence-electron chi connectivity index (χ0n) is 11.8. The van der Waals surface area contributed by atoms with Crippen molar-refractivity contribution in [2.45, 2.75) is 70.8 Å². The van der Waals surface area contributed by atoms with Crippen LogP contribution in [0.1, 0.15) is 64.7 Å². The van der Waals surface area contributed by atoms with Crippen LogP contribution in [0.4, 0.5) is 0 Å². The second kappa shape index (κ2) is 6.05. The number of amides is 1. The SMILES string of the molecule is CC1(C(=O)N2CCCCCC2CN)CCCCC1. The van der Waals surface area contributed by atoms with Crippen molar-refractivity contribution in [2.75, 3.05) is 13.1 Å². The molecule has 0 spiro atoms. The molecular formula is C15H28N2O. The van der Waals surface area contributed by atoms with Crippen LogP contribution in [0.15, 0.2) is 0 Å². The lowest BCUT2D eigenvalue weighted by Crippen LogP contribution is -2.50. The molecule has 2 rings (SSSR count). The molecule has 0 aromatic heterocycles. The lowest BCUT2D eigenvalue weighted by atomic mass is 9.74. The molecule has 2 N–H and O–H groups in total. The van der Waals surface area contributed by atoms with Crippen LogP contribution in [0.5, 0.6) is 0 Å². The fraction of sp³-hybridized carbons (Fsp3) is 0.933. The van der Waals surface area contributed by atoms with Crippen LogP contribution in [0.25, 0.3) is 0 Å². The second-order valence-corrected chi connectivity index (χ2v) is 6.36. The molecule has 3 heteroatoms. The normalized spacial score (nSPS) is 28.8. The highest BCUT2D eigenvalue weighted by atomic mass is 16.2. The Balaban J connectivity index is 2.09. The molecule has 1 unspecified atom stereocenters. The Morgan fingerprint density at radius 3 is 2.50 bits per heavy atom. The minimum absolute atomic E-state index is 0.101. The standard InChI is InChI=1S/C15H28N2O/c1-15(9-5-3-6-10-15)14(18)17-11-7-2-4-8-13(17)12-16/h13H,2-12,16H2,1H3. The summed E-state index contributed by atoms with van der Waals surface area (Å²) in [6.45, 7) is 3.73. The average molecular weight is 252 g/mol. The van der Waals surface area contributed by atoms with Gasteiger partial charge in [-0.3, -0.25) is 4.79 Å². The first-order valence-electron chi connectivity index (χ1n) is 7.68. The van der Waals surface area contributed by atoms with Crippen molar-refractivity contribution in [3.8, 4) is 0 Å². The van der Waals surface area contributed by atoms with E-state index in [1.165, 1.54) is 32.1 Å². The quantitative estimate of drug-likeness (QED) is 0.821. The molecule has 0 aromatic carbocycles. The number of carbonyl (C=O) groups is 1. The maximum absolute atomic E-state index is 12.9. The van der Waals surface area contributed by atoms with Gasteiger partial charge in [0.2, 0.25) is 5.91 Å². The van der Waals surface area contributed by atoms with Crippen LogP contribution in [-0.2, 0) is 4.79 Å². The van der Waals surface area contributed by atoms with Gasteiger partial charge in [-0.1, -0.05) is 39.0 Å². The van der Waals surface area contributed by atoms with Gasteiger partial charge in [-0.25, -0.2) is 0 Å². The van der Waals surface area contributed by atoms with Crippen LogP contribution < -0.4 is 5.73 Å². The monoisotopic (exact) mass is 252 g/mol. The molecule has 3 nitrogen and oxygen atoms in total. The van der Waals surface area contributed by atoms with Gasteiger partial charge in [0, 0.05) is 24.5 Å². The van der Waals surface area contributed by atoms with E-state index in [2.05, 4.69) is 11.8 Å². The lowest BCUT2D eigenvalue weighted by Gasteiger charge is -2.40. The molecule has 0 radical (unpaired) electrons. The number of nitrogens with zero attached hydrogens (tertiary/aromatic N) is 1. The first kappa shape index (κ1) is 13.9. The molecule has 2 fully saturated rings. The van der Waals surface area contributed by atoms with Crippen molar-refractivity contribution >= 4 is 5.91 Å². The fourth-order valence-corrected chi connectivity index (χ4v) is 3.58. The summed E-state index contributed by atoms with van der Waals surface area (Å²) in [5, 5.41) is 0. The molecule has 1 amide bonds. The number of hydrogen-bond donors (Lipinski definition) is 1. The zero-order valence-corrected chi connectivity index (χ0v) is 11.8. The highest BCUT2D eigenvalue weighted by Crippen LogP contribution is 2.38. The van der Waals surface area contributed by atoms with Gasteiger partial charge in [0.1, 0.15) is 0 Å². The Hall–Kier alpha value is -0.570. The van der Waals surface area contributed by atoms with Crippen molar-refractivity contribution in [1.29, 1.82) is 0 Å². The van der Waals surface area contributed by atoms with Gasteiger partial charge < -0.3 is 10.6 Å². The van der Waals surface area contributed by atoms with Crippen LogP contribution in [0.3, 0.4) is 0 Å². The highest BCUT2D eigenvalue weighted by Gasteiger charge is 2.39. The van der Waals surface area contributed by atoms with Gasteiger partial charge in [0.25, 0.3) is 0 Å². The number of rotatable bonds is 2. The van der Waals surface area contributed by atoms with Gasteiger partial charge in [-0.2, -0.15) is 0 Å². The molecule has 18 heavy (non-hydrogen) atoms. The summed E-state index contributed by atoms with van der Waals surface area (Å²) < 4.78 is 0. The van der Waals surface area contributed by atoms with Gasteiger partial charge >= 0.3 is 0 Å². The third-order valence-corrected chi connectivity index (χ3v) is 4.88. The Bertz CT molecular complexity index is 284. The van der Waals surface area contributed by atoms with Crippen molar-refractivity contribution in [1.82, 2.24) is 4.90 Å². The Morgan fingerprint density at radius 2 is 1.83 bits per heavy atom. The third kappa shape index (κ3) is 2.87. The van der Waals surface area contributed by atoms with E-state index < -0.39 is 0 Å². The Labute approximate surface area is 111 Å². The summed E-state index contributed by atoms with van der Waals surface area (Å²) in [6.07, 6.45) is 10.6. The molecule has 104 valence electrons. The summed E-state index contributed by atoms with van der Waals surface area (Å²) >= 11 is 0. The Morgan fingerprint density at radius 1 is 1.17 bits per heavy atom. The van der Waals surface area contributed by atoms with E-state index in [0.717, 1.165) is 32.2 Å². The van der Waals surface area contributed by atoms with Gasteiger partial charge in [-0.05, 0) is 25.7 Å². The van der Waals surface area contributed by atoms with E-state index in [-0.39, 0.29) is 5.41 Å². The summed E-state index contributed by atoms with van der Waals surface area (Å²) in [6, 6.07) is 0.291. The topological polar surface area (TPSA) is 46.3 Å². The van der Waals surface area contributed by atoms with Crippen molar-refractivity contribution in [3.63, 3.8) is 0 Å². The van der Waals surface area contributed by atoms with E-state index in [1.54, 1.807) is 0 Å². The predicted octanol–water partition coefficient (Wildman–Crippen LogP) is 2.69. The van der Waals surface area contributed by atoms with Gasteiger partial charge in [0.05, 0.1) is 0 Å². The summed E-state index contributed by atoms with van der Waals surface area (Å²) in [5.41, 5.74) is 5.78. The smallest absolute Gasteiger partial charge is 0.228 e. The number of likely N-dealkylation sites (tertiary alicyclic amines) is 1. The average Bonchev–Trinajstić information content (AvgIpc) is 2.63. The molecule has 1 saturated heterocycles. The molecule has 2 aliphatic rings. The van der Waals surface area contributed by atoms with Gasteiger partial charge in [0.15, 0.2) is 0 Å². The number of hydrogen-bond acceptors (Lipinski definition) is 2. The lowest BCUT2D eigenvalue weighted by molar-refractivity contribution is -0.145. The number of nitrogens with two attached hydrogens (primary N) is 1. The van der Waals surface area contributed by atoms with Gasteiger partial charge in [-0.15, -0.1) is 0 Å². The molecule has 1 heterocycles. The van der Waals surface area contributed by atoms with Crippen molar-refractivity contribution in [3.05, 3.63) is 0 Å². The predicted molar refractivity (Wildman–Crippen MR) is 74.2 cm³/mol. The number of carbonyl (C=O) groups excluding carboxylic acids is 1. The molecule has 1 aliphatic heterocycles.